The number of rotatable bonds is 10. The van der Waals surface area contributed by atoms with Crippen molar-refractivity contribution in [2.24, 2.45) is 0 Å². The van der Waals surface area contributed by atoms with Gasteiger partial charge in [0.05, 0.1) is 35.5 Å². The zero-order valence-electron chi connectivity index (χ0n) is 17.1. The van der Waals surface area contributed by atoms with E-state index in [4.69, 9.17) is 4.74 Å². The summed E-state index contributed by atoms with van der Waals surface area (Å²) < 4.78 is 60.6. The molecular weight excluding hydrogens is 440 g/mol. The molecule has 1 aliphatic rings. The van der Waals surface area contributed by atoms with Crippen LogP contribution in [0.4, 0.5) is 0 Å². The number of ether oxygens (including phenoxy) is 1. The van der Waals surface area contributed by atoms with Crippen LogP contribution in [0.5, 0.6) is 0 Å². The molecule has 0 spiro atoms. The molecule has 0 unspecified atom stereocenters. The largest absolute Gasteiger partial charge is 0.394 e. The van der Waals surface area contributed by atoms with E-state index in [1.807, 2.05) is 6.07 Å². The number of sulfonamides is 2. The standard InChI is InChI=1S/C21H28N2O6S2/c24-15-21-20(23-31(27,28)19-9-5-2-6-10-19)12-11-18(29-21)13-14-22-30(25,26)16-17-7-3-1-4-8-17/h1-10,18,20-24H,11-16H2/t18-,20-,21-/m1/s1. The van der Waals surface area contributed by atoms with E-state index in [2.05, 4.69) is 9.44 Å². The van der Waals surface area contributed by atoms with E-state index in [0.717, 1.165) is 0 Å². The molecule has 3 N–H and O–H groups in total. The lowest BCUT2D eigenvalue weighted by molar-refractivity contribution is -0.0869. The normalized spacial score (nSPS) is 22.3. The van der Waals surface area contributed by atoms with Crippen LogP contribution in [-0.2, 0) is 30.5 Å². The molecular formula is C21H28N2O6S2. The van der Waals surface area contributed by atoms with Crippen LogP contribution in [0.25, 0.3) is 0 Å². The monoisotopic (exact) mass is 468 g/mol. The number of hydrogen-bond acceptors (Lipinski definition) is 6. The second kappa shape index (κ2) is 10.7. The van der Waals surface area contributed by atoms with Gasteiger partial charge in [0.15, 0.2) is 0 Å². The highest BCUT2D eigenvalue weighted by Crippen LogP contribution is 2.23. The molecule has 170 valence electrons. The summed E-state index contributed by atoms with van der Waals surface area (Å²) in [5.74, 6) is -0.0953. The summed E-state index contributed by atoms with van der Waals surface area (Å²) in [6, 6.07) is 16.4. The van der Waals surface area contributed by atoms with Gasteiger partial charge in [0.2, 0.25) is 20.0 Å². The van der Waals surface area contributed by atoms with Crippen LogP contribution < -0.4 is 9.44 Å². The topological polar surface area (TPSA) is 122 Å². The summed E-state index contributed by atoms with van der Waals surface area (Å²) in [5, 5.41) is 9.69. The van der Waals surface area contributed by atoms with Crippen molar-refractivity contribution in [3.63, 3.8) is 0 Å². The Morgan fingerprint density at radius 2 is 1.58 bits per heavy atom. The van der Waals surface area contributed by atoms with Crippen molar-refractivity contribution in [1.82, 2.24) is 9.44 Å². The number of benzene rings is 2. The van der Waals surface area contributed by atoms with Crippen LogP contribution in [0.2, 0.25) is 0 Å². The van der Waals surface area contributed by atoms with Crippen molar-refractivity contribution in [3.8, 4) is 0 Å². The van der Waals surface area contributed by atoms with Crippen molar-refractivity contribution < 1.29 is 26.7 Å². The van der Waals surface area contributed by atoms with E-state index < -0.39 is 32.2 Å². The fourth-order valence-electron chi connectivity index (χ4n) is 3.57. The maximum atomic E-state index is 12.6. The highest BCUT2D eigenvalue weighted by atomic mass is 32.2. The second-order valence-electron chi connectivity index (χ2n) is 7.52. The quantitative estimate of drug-likeness (QED) is 0.484. The minimum Gasteiger partial charge on any atom is -0.394 e. The Kier molecular flexibility index (Phi) is 8.20. The Morgan fingerprint density at radius 1 is 0.935 bits per heavy atom. The maximum absolute atomic E-state index is 12.6. The lowest BCUT2D eigenvalue weighted by Gasteiger charge is -2.36. The number of aliphatic hydroxyl groups excluding tert-OH is 1. The Morgan fingerprint density at radius 3 is 2.23 bits per heavy atom. The zero-order chi connectivity index (χ0) is 22.3. The molecule has 1 aliphatic heterocycles. The molecule has 2 aromatic rings. The number of aliphatic hydroxyl groups is 1. The van der Waals surface area contributed by atoms with Gasteiger partial charge in [-0.2, -0.15) is 0 Å². The van der Waals surface area contributed by atoms with Gasteiger partial charge in [0.1, 0.15) is 0 Å². The highest BCUT2D eigenvalue weighted by Gasteiger charge is 2.33. The summed E-state index contributed by atoms with van der Waals surface area (Å²) in [7, 11) is -7.19. The van der Waals surface area contributed by atoms with Crippen LogP contribution in [0.1, 0.15) is 24.8 Å². The summed E-state index contributed by atoms with van der Waals surface area (Å²) in [5.41, 5.74) is 0.706. The Labute approximate surface area is 183 Å². The molecule has 0 radical (unpaired) electrons. The first-order valence-electron chi connectivity index (χ1n) is 10.1. The average molecular weight is 469 g/mol. The van der Waals surface area contributed by atoms with Crippen LogP contribution in [0.15, 0.2) is 65.6 Å². The SMILES string of the molecule is O=S(=O)(Cc1ccccc1)NCC[C@H]1CC[C@@H](NS(=O)(=O)c2ccccc2)[C@@H](CO)O1. The first-order chi connectivity index (χ1) is 14.8. The second-order valence-corrected chi connectivity index (χ2v) is 11.0. The van der Waals surface area contributed by atoms with Gasteiger partial charge in [0.25, 0.3) is 0 Å². The Balaban J connectivity index is 1.49. The molecule has 3 atom stereocenters. The first kappa shape index (κ1) is 23.8. The van der Waals surface area contributed by atoms with E-state index in [1.165, 1.54) is 12.1 Å². The van der Waals surface area contributed by atoms with Gasteiger partial charge in [-0.25, -0.2) is 26.3 Å². The summed E-state index contributed by atoms with van der Waals surface area (Å²) in [6.45, 7) is -0.128. The maximum Gasteiger partial charge on any atom is 0.240 e. The summed E-state index contributed by atoms with van der Waals surface area (Å²) in [4.78, 5) is 0.154. The molecule has 1 fully saturated rings. The van der Waals surface area contributed by atoms with E-state index in [9.17, 15) is 21.9 Å². The predicted molar refractivity (Wildman–Crippen MR) is 117 cm³/mol. The number of nitrogens with one attached hydrogen (secondary N) is 2. The van der Waals surface area contributed by atoms with Gasteiger partial charge in [-0.1, -0.05) is 48.5 Å². The van der Waals surface area contributed by atoms with Crippen LogP contribution in [-0.4, -0.2) is 53.3 Å². The van der Waals surface area contributed by atoms with E-state index >= 15 is 0 Å². The van der Waals surface area contributed by atoms with Gasteiger partial charge < -0.3 is 9.84 Å². The van der Waals surface area contributed by atoms with Crippen LogP contribution in [0, 0.1) is 0 Å². The van der Waals surface area contributed by atoms with Crippen LogP contribution >= 0.6 is 0 Å². The Bertz CT molecular complexity index is 1030. The molecule has 10 heteroatoms. The van der Waals surface area contributed by atoms with E-state index in [0.29, 0.717) is 24.8 Å². The van der Waals surface area contributed by atoms with Crippen molar-refractivity contribution in [2.75, 3.05) is 13.2 Å². The molecule has 0 saturated carbocycles. The average Bonchev–Trinajstić information content (AvgIpc) is 2.75. The molecule has 3 rings (SSSR count). The van der Waals surface area contributed by atoms with Gasteiger partial charge in [-0.3, -0.25) is 0 Å². The molecule has 2 aromatic carbocycles. The zero-order valence-corrected chi connectivity index (χ0v) is 18.7. The van der Waals surface area contributed by atoms with Gasteiger partial charge in [-0.05, 0) is 37.0 Å². The molecule has 31 heavy (non-hydrogen) atoms. The first-order valence-corrected chi connectivity index (χ1v) is 13.3. The lowest BCUT2D eigenvalue weighted by atomic mass is 9.98. The molecule has 0 aliphatic carbocycles. The van der Waals surface area contributed by atoms with Crippen molar-refractivity contribution in [2.45, 2.75) is 48.2 Å². The highest BCUT2D eigenvalue weighted by molar-refractivity contribution is 7.89. The third-order valence-electron chi connectivity index (χ3n) is 5.14. The lowest BCUT2D eigenvalue weighted by Crippen LogP contribution is -2.51. The molecule has 1 heterocycles. The van der Waals surface area contributed by atoms with Gasteiger partial charge >= 0.3 is 0 Å². The molecule has 0 bridgehead atoms. The fourth-order valence-corrected chi connectivity index (χ4v) is 6.05. The third-order valence-corrected chi connectivity index (χ3v) is 8.01. The van der Waals surface area contributed by atoms with Crippen molar-refractivity contribution >= 4 is 20.0 Å². The van der Waals surface area contributed by atoms with Gasteiger partial charge in [-0.15, -0.1) is 0 Å². The summed E-state index contributed by atoms with van der Waals surface area (Å²) >= 11 is 0. The minimum absolute atomic E-state index is 0.0953. The smallest absolute Gasteiger partial charge is 0.240 e. The molecule has 1 saturated heterocycles. The molecule has 0 aromatic heterocycles. The fraction of sp³-hybridized carbons (Fsp3) is 0.429. The summed E-state index contributed by atoms with van der Waals surface area (Å²) in [6.07, 6.45) is 0.507. The van der Waals surface area contributed by atoms with Gasteiger partial charge in [0, 0.05) is 6.54 Å². The van der Waals surface area contributed by atoms with Crippen LogP contribution in [0.3, 0.4) is 0 Å². The third kappa shape index (κ3) is 7.09. The van der Waals surface area contributed by atoms with Crippen molar-refractivity contribution in [3.05, 3.63) is 66.2 Å². The minimum atomic E-state index is -3.72. The van der Waals surface area contributed by atoms with E-state index in [-0.39, 0.29) is 29.9 Å². The predicted octanol–water partition coefficient (Wildman–Crippen LogP) is 1.38. The number of hydrogen-bond donors (Lipinski definition) is 3. The Hall–Kier alpha value is -1.82. The molecule has 0 amide bonds. The molecule has 8 nitrogen and oxygen atoms in total. The van der Waals surface area contributed by atoms with Crippen molar-refractivity contribution in [1.29, 1.82) is 0 Å². The van der Waals surface area contributed by atoms with E-state index in [1.54, 1.807) is 42.5 Å².